The van der Waals surface area contributed by atoms with Crippen LogP contribution in [0, 0.1) is 18.3 Å². The lowest BCUT2D eigenvalue weighted by molar-refractivity contribution is 0.333. The average molecular weight is 379 g/mol. The van der Waals surface area contributed by atoms with Gasteiger partial charge in [0.25, 0.3) is 20.2 Å². The minimum absolute atomic E-state index is 0.0913. The molecule has 0 unspecified atom stereocenters. The van der Waals surface area contributed by atoms with Crippen LogP contribution in [0.5, 0.6) is 0 Å². The van der Waals surface area contributed by atoms with Gasteiger partial charge >= 0.3 is 0 Å². The molecule has 1 heterocycles. The fourth-order valence-electron chi connectivity index (χ4n) is 1.68. The summed E-state index contributed by atoms with van der Waals surface area (Å²) in [6, 6.07) is 3.46. The van der Waals surface area contributed by atoms with Gasteiger partial charge in [0.15, 0.2) is 0 Å². The zero-order valence-electron chi connectivity index (χ0n) is 12.7. The van der Waals surface area contributed by atoms with Crippen molar-refractivity contribution in [3.63, 3.8) is 0 Å². The van der Waals surface area contributed by atoms with E-state index in [0.717, 1.165) is 0 Å². The van der Waals surface area contributed by atoms with Gasteiger partial charge in [-0.05, 0) is 18.6 Å². The fraction of sp³-hybridized carbons (Fsp3) is 0.455. The second-order valence-corrected chi connectivity index (χ2v) is 7.95. The predicted octanol–water partition coefficient (Wildman–Crippen LogP) is -0.807. The molecule has 1 rings (SSSR count). The quantitative estimate of drug-likeness (QED) is 0.311. The van der Waals surface area contributed by atoms with Gasteiger partial charge in [0, 0.05) is 13.1 Å². The summed E-state index contributed by atoms with van der Waals surface area (Å²) in [4.78, 5) is 4.08. The highest BCUT2D eigenvalue weighted by Crippen LogP contribution is 2.20. The van der Waals surface area contributed by atoms with Crippen LogP contribution in [0.4, 0.5) is 11.6 Å². The van der Waals surface area contributed by atoms with Gasteiger partial charge < -0.3 is 10.6 Å². The molecule has 0 saturated carbocycles. The summed E-state index contributed by atoms with van der Waals surface area (Å²) in [5.41, 5.74) is 0.753. The molecule has 0 radical (unpaired) electrons. The molecular weight excluding hydrogens is 362 g/mol. The van der Waals surface area contributed by atoms with Crippen LogP contribution in [-0.4, -0.2) is 51.0 Å². The van der Waals surface area contributed by atoms with Crippen molar-refractivity contribution in [1.82, 2.24) is 4.98 Å². The van der Waals surface area contributed by atoms with Gasteiger partial charge in [0.05, 0.1) is 17.1 Å². The molecule has 1 aromatic heterocycles. The first-order valence-electron chi connectivity index (χ1n) is 6.53. The van der Waals surface area contributed by atoms with E-state index in [0.29, 0.717) is 5.56 Å². The maximum atomic E-state index is 11.1. The number of hydrogen-bond donors (Lipinski definition) is 4. The Balaban J connectivity index is 2.87. The Hall–Kier alpha value is -1.98. The van der Waals surface area contributed by atoms with Crippen LogP contribution in [0.25, 0.3) is 0 Å². The molecule has 0 bridgehead atoms. The zero-order chi connectivity index (χ0) is 18.4. The van der Waals surface area contributed by atoms with Crippen LogP contribution < -0.4 is 16.5 Å². The summed E-state index contributed by atoms with van der Waals surface area (Å²) in [6.45, 7) is 1.44. The molecular formula is C11H17N5O6S2. The molecule has 0 fully saturated rings. The first-order valence-corrected chi connectivity index (χ1v) is 9.72. The number of anilines is 2. The van der Waals surface area contributed by atoms with Gasteiger partial charge in [0.2, 0.25) is 0 Å². The Morgan fingerprint density at radius 3 is 2.46 bits per heavy atom. The third kappa shape index (κ3) is 6.64. The second kappa shape index (κ2) is 8.22. The molecule has 0 amide bonds. The van der Waals surface area contributed by atoms with E-state index in [2.05, 4.69) is 25.8 Å². The lowest BCUT2D eigenvalue weighted by Gasteiger charge is -2.12. The van der Waals surface area contributed by atoms with E-state index in [1.807, 2.05) is 6.07 Å². The summed E-state index contributed by atoms with van der Waals surface area (Å²) in [5.74, 6) is 4.05. The number of nitrogens with zero attached hydrogens (tertiary/aromatic N) is 2. The third-order valence-corrected chi connectivity index (χ3v) is 4.50. The van der Waals surface area contributed by atoms with E-state index in [-0.39, 0.29) is 30.3 Å². The summed E-state index contributed by atoms with van der Waals surface area (Å²) in [5, 5.41) is 14.5. The zero-order valence-corrected chi connectivity index (χ0v) is 14.3. The summed E-state index contributed by atoms with van der Waals surface area (Å²) in [6.07, 6.45) is 0. The molecule has 0 aromatic carbocycles. The normalized spacial score (nSPS) is 11.8. The molecule has 24 heavy (non-hydrogen) atoms. The van der Waals surface area contributed by atoms with Gasteiger partial charge in [0.1, 0.15) is 17.7 Å². The molecule has 0 spiro atoms. The number of rotatable bonds is 9. The van der Waals surface area contributed by atoms with Crippen molar-refractivity contribution in [2.75, 3.05) is 35.2 Å². The number of nitrogens with one attached hydrogen (secondary N) is 2. The smallest absolute Gasteiger partial charge is 0.284 e. The van der Waals surface area contributed by atoms with E-state index < -0.39 is 31.7 Å². The third-order valence-electron chi connectivity index (χ3n) is 2.79. The summed E-state index contributed by atoms with van der Waals surface area (Å²) < 4.78 is 56.2. The van der Waals surface area contributed by atoms with Crippen LogP contribution >= 0.6 is 0 Å². The fourth-order valence-corrected chi connectivity index (χ4v) is 2.49. The second-order valence-electron chi connectivity index (χ2n) is 4.66. The molecule has 5 N–H and O–H groups in total. The van der Waals surface area contributed by atoms with Crippen molar-refractivity contribution in [2.24, 2.45) is 5.90 Å². The maximum absolute atomic E-state index is 11.1. The van der Waals surface area contributed by atoms with E-state index in [9.17, 15) is 16.8 Å². The van der Waals surface area contributed by atoms with Gasteiger partial charge in [-0.3, -0.25) is 4.55 Å². The van der Waals surface area contributed by atoms with Gasteiger partial charge in [-0.2, -0.15) is 32.3 Å². The summed E-state index contributed by atoms with van der Waals surface area (Å²) in [7, 11) is -7.98. The largest absolute Gasteiger partial charge is 0.369 e. The molecule has 134 valence electrons. The lowest BCUT2D eigenvalue weighted by Crippen LogP contribution is -2.21. The average Bonchev–Trinajstić information content (AvgIpc) is 2.45. The number of pyridine rings is 1. The minimum atomic E-state index is -4.11. The van der Waals surface area contributed by atoms with Crippen LogP contribution in [0.15, 0.2) is 6.07 Å². The number of aromatic nitrogens is 1. The molecule has 0 saturated heterocycles. The molecule has 1 aromatic rings. The predicted molar refractivity (Wildman–Crippen MR) is 86.1 cm³/mol. The minimum Gasteiger partial charge on any atom is -0.369 e. The number of aryl methyl sites for hydroxylation is 1. The van der Waals surface area contributed by atoms with E-state index >= 15 is 0 Å². The molecule has 11 nitrogen and oxygen atoms in total. The van der Waals surface area contributed by atoms with Crippen molar-refractivity contribution in [3.8, 4) is 6.07 Å². The van der Waals surface area contributed by atoms with Crippen LogP contribution in [0.2, 0.25) is 0 Å². The van der Waals surface area contributed by atoms with Crippen molar-refractivity contribution >= 4 is 31.9 Å². The SMILES string of the molecule is Cc1cc(NCCS(=O)(=O)O)nc(NCCS(=O)(=O)ON)c1C#N. The van der Waals surface area contributed by atoms with Gasteiger partial charge in [-0.1, -0.05) is 0 Å². The van der Waals surface area contributed by atoms with Gasteiger partial charge in [-0.15, -0.1) is 0 Å². The standard InChI is InChI=1S/C11H17N5O6S2/c1-8-6-10(14-2-4-23(17,18)19)16-11(9(8)7-12)15-3-5-24(20,21)22-13/h6H,2-5,13H2,1H3,(H2,14,15,16)(H,17,18,19). The Bertz CT molecular complexity index is 831. The van der Waals surface area contributed by atoms with Crippen LogP contribution in [0.1, 0.15) is 11.1 Å². The van der Waals surface area contributed by atoms with Crippen LogP contribution in [-0.2, 0) is 24.5 Å². The first-order chi connectivity index (χ1) is 11.1. The highest BCUT2D eigenvalue weighted by molar-refractivity contribution is 7.86. The lowest BCUT2D eigenvalue weighted by atomic mass is 10.1. The molecule has 13 heteroatoms. The first kappa shape index (κ1) is 20.1. The van der Waals surface area contributed by atoms with Crippen LogP contribution in [0.3, 0.4) is 0 Å². The number of nitrogens with two attached hydrogens (primary N) is 1. The molecule has 0 aliphatic heterocycles. The monoisotopic (exact) mass is 379 g/mol. The number of nitriles is 1. The molecule has 0 atom stereocenters. The van der Waals surface area contributed by atoms with E-state index in [1.54, 1.807) is 6.92 Å². The number of hydrogen-bond acceptors (Lipinski definition) is 10. The molecule has 0 aliphatic carbocycles. The Morgan fingerprint density at radius 2 is 1.92 bits per heavy atom. The topological polar surface area (TPSA) is 184 Å². The van der Waals surface area contributed by atoms with E-state index in [1.165, 1.54) is 6.07 Å². The van der Waals surface area contributed by atoms with Crippen molar-refractivity contribution in [1.29, 1.82) is 5.26 Å². The van der Waals surface area contributed by atoms with Gasteiger partial charge in [-0.25, -0.2) is 4.98 Å². The van der Waals surface area contributed by atoms with Crippen molar-refractivity contribution < 1.29 is 25.7 Å². The highest BCUT2D eigenvalue weighted by atomic mass is 32.2. The van der Waals surface area contributed by atoms with Crippen molar-refractivity contribution in [3.05, 3.63) is 17.2 Å². The Kier molecular flexibility index (Phi) is 6.87. The summed E-state index contributed by atoms with van der Waals surface area (Å²) >= 11 is 0. The maximum Gasteiger partial charge on any atom is 0.284 e. The molecule has 0 aliphatic rings. The van der Waals surface area contributed by atoms with E-state index in [4.69, 9.17) is 9.81 Å². The Labute approximate surface area is 139 Å². The Morgan fingerprint density at radius 1 is 1.29 bits per heavy atom. The van der Waals surface area contributed by atoms with Crippen molar-refractivity contribution in [2.45, 2.75) is 6.92 Å². The highest BCUT2D eigenvalue weighted by Gasteiger charge is 2.13.